The molecule has 2 fully saturated rings. The van der Waals surface area contributed by atoms with Gasteiger partial charge in [-0.3, -0.25) is 0 Å². The fourth-order valence-electron chi connectivity index (χ4n) is 7.20. The van der Waals surface area contributed by atoms with E-state index in [0.29, 0.717) is 38.3 Å². The van der Waals surface area contributed by atoms with Crippen LogP contribution in [0.15, 0.2) is 24.3 Å². The zero-order valence-electron chi connectivity index (χ0n) is 26.0. The number of ether oxygens (including phenoxy) is 2. The van der Waals surface area contributed by atoms with Gasteiger partial charge in [0.2, 0.25) is 0 Å². The van der Waals surface area contributed by atoms with Crippen molar-refractivity contribution in [3.8, 4) is 12.1 Å². The highest BCUT2D eigenvalue weighted by atomic mass is 32.2. The smallest absolute Gasteiger partial charge is 0.410 e. The van der Waals surface area contributed by atoms with E-state index in [9.17, 15) is 10.1 Å². The minimum atomic E-state index is -0.594. The number of carbonyl (C=O) groups is 1. The average molecular weight is 605 g/mol. The summed E-state index contributed by atoms with van der Waals surface area (Å²) in [5, 5.41) is 9.66. The average Bonchev–Trinajstić information content (AvgIpc) is 3.39. The molecule has 1 aromatic carbocycles. The SMILES string of the molecule is CN1CCCC1COc1nc2c(c(N3CCN(C(=O)OC(C)(C)C)[C@@H](CC#N)C3)n1)CCC1(CSCc3ccccc31)C2. The monoisotopic (exact) mass is 604 g/mol. The number of aromatic nitrogens is 2. The van der Waals surface area contributed by atoms with Crippen molar-refractivity contribution in [3.63, 3.8) is 0 Å². The summed E-state index contributed by atoms with van der Waals surface area (Å²) in [5.41, 5.74) is 4.63. The van der Waals surface area contributed by atoms with Crippen LogP contribution in [0.1, 0.15) is 68.8 Å². The summed E-state index contributed by atoms with van der Waals surface area (Å²) in [5.74, 6) is 3.05. The number of amides is 1. The van der Waals surface area contributed by atoms with Crippen molar-refractivity contribution in [3.05, 3.63) is 46.6 Å². The number of piperazine rings is 1. The Morgan fingerprint density at radius 3 is 2.79 bits per heavy atom. The lowest BCUT2D eigenvalue weighted by molar-refractivity contribution is 0.0144. The first-order chi connectivity index (χ1) is 20.7. The second-order valence-electron chi connectivity index (χ2n) is 13.6. The third-order valence-corrected chi connectivity index (χ3v) is 10.7. The summed E-state index contributed by atoms with van der Waals surface area (Å²) >= 11 is 2.02. The van der Waals surface area contributed by atoms with E-state index in [1.54, 1.807) is 4.90 Å². The molecule has 1 aromatic heterocycles. The molecule has 0 N–H and O–H groups in total. The van der Waals surface area contributed by atoms with E-state index in [1.165, 1.54) is 23.1 Å². The second-order valence-corrected chi connectivity index (χ2v) is 14.6. The Balaban J connectivity index is 1.31. The minimum Gasteiger partial charge on any atom is -0.462 e. The van der Waals surface area contributed by atoms with E-state index in [-0.39, 0.29) is 24.0 Å². The molecule has 4 heterocycles. The first kappa shape index (κ1) is 30.0. The van der Waals surface area contributed by atoms with Crippen molar-refractivity contribution in [2.75, 3.05) is 50.5 Å². The lowest BCUT2D eigenvalue weighted by Crippen LogP contribution is -2.56. The maximum atomic E-state index is 13.1. The van der Waals surface area contributed by atoms with Gasteiger partial charge in [-0.1, -0.05) is 24.3 Å². The largest absolute Gasteiger partial charge is 0.462 e. The van der Waals surface area contributed by atoms with Crippen molar-refractivity contribution in [1.82, 2.24) is 19.8 Å². The number of hydrogen-bond donors (Lipinski definition) is 0. The van der Waals surface area contributed by atoms with Crippen molar-refractivity contribution < 1.29 is 14.3 Å². The fourth-order valence-corrected chi connectivity index (χ4v) is 8.56. The molecule has 0 saturated carbocycles. The van der Waals surface area contributed by atoms with Gasteiger partial charge in [0.1, 0.15) is 18.0 Å². The zero-order valence-corrected chi connectivity index (χ0v) is 26.8. The van der Waals surface area contributed by atoms with E-state index in [0.717, 1.165) is 55.2 Å². The van der Waals surface area contributed by atoms with Gasteiger partial charge < -0.3 is 24.2 Å². The van der Waals surface area contributed by atoms with Gasteiger partial charge in [0.05, 0.1) is 24.2 Å². The van der Waals surface area contributed by atoms with Crippen molar-refractivity contribution in [2.24, 2.45) is 0 Å². The summed E-state index contributed by atoms with van der Waals surface area (Å²) in [7, 11) is 2.15. The number of nitriles is 1. The third-order valence-electron chi connectivity index (χ3n) is 9.45. The summed E-state index contributed by atoms with van der Waals surface area (Å²) in [6.45, 7) is 8.87. The molecule has 0 bridgehead atoms. The van der Waals surface area contributed by atoms with Crippen LogP contribution in [0, 0.1) is 11.3 Å². The first-order valence-electron chi connectivity index (χ1n) is 15.7. The number of carbonyl (C=O) groups excluding carboxylic acids is 1. The van der Waals surface area contributed by atoms with Gasteiger partial charge in [-0.25, -0.2) is 4.79 Å². The number of likely N-dealkylation sites (N-methyl/N-ethyl adjacent to an activating group) is 1. The molecule has 6 rings (SSSR count). The highest BCUT2D eigenvalue weighted by Crippen LogP contribution is 2.47. The molecule has 4 aliphatic rings. The van der Waals surface area contributed by atoms with Gasteiger partial charge >= 0.3 is 12.1 Å². The first-order valence-corrected chi connectivity index (χ1v) is 16.8. The molecule has 3 aliphatic heterocycles. The Morgan fingerprint density at radius 2 is 2.02 bits per heavy atom. The molecule has 1 amide bonds. The van der Waals surface area contributed by atoms with Gasteiger partial charge in [-0.05, 0) is 71.2 Å². The van der Waals surface area contributed by atoms with E-state index < -0.39 is 5.60 Å². The molecule has 1 aliphatic carbocycles. The molecular weight excluding hydrogens is 560 g/mol. The normalized spacial score (nSPS) is 25.7. The number of hydrogen-bond acceptors (Lipinski definition) is 9. The standard InChI is InChI=1S/C33H44N6O3S/c1-32(2,3)42-31(40)39-17-16-38(19-24(39)12-14-34)29-26-11-13-33(22-43-21-23-8-5-6-10-27(23)33)18-28(26)35-30(36-29)41-20-25-9-7-15-37(25)4/h5-6,8,10,24-25H,7,9,11-13,15-22H2,1-4H3/t24-,25?,33?/m0/s1. The molecule has 2 aromatic rings. The van der Waals surface area contributed by atoms with Crippen LogP contribution in [-0.2, 0) is 28.7 Å². The highest BCUT2D eigenvalue weighted by molar-refractivity contribution is 7.98. The highest BCUT2D eigenvalue weighted by Gasteiger charge is 2.43. The predicted molar refractivity (Wildman–Crippen MR) is 169 cm³/mol. The summed E-state index contributed by atoms with van der Waals surface area (Å²) in [4.78, 5) is 29.5. The number of anilines is 1. The topological polar surface area (TPSA) is 94.8 Å². The summed E-state index contributed by atoms with van der Waals surface area (Å²) in [6.07, 6.45) is 4.97. The molecule has 1 spiro atoms. The minimum absolute atomic E-state index is 0.0554. The molecule has 2 saturated heterocycles. The summed E-state index contributed by atoms with van der Waals surface area (Å²) in [6, 6.07) is 11.7. The van der Waals surface area contributed by atoms with Crippen LogP contribution in [0.5, 0.6) is 6.01 Å². The molecule has 9 nitrogen and oxygen atoms in total. The Morgan fingerprint density at radius 1 is 1.19 bits per heavy atom. The van der Waals surface area contributed by atoms with Crippen LogP contribution in [0.25, 0.3) is 0 Å². The zero-order chi connectivity index (χ0) is 30.2. The molecular formula is C33H44N6O3S. The molecule has 2 unspecified atom stereocenters. The van der Waals surface area contributed by atoms with Crippen LogP contribution in [-0.4, -0.2) is 89.1 Å². The Hall–Kier alpha value is -3.03. The van der Waals surface area contributed by atoms with Gasteiger partial charge in [0.15, 0.2) is 0 Å². The molecule has 10 heteroatoms. The predicted octanol–water partition coefficient (Wildman–Crippen LogP) is 4.96. The van der Waals surface area contributed by atoms with Gasteiger partial charge in [0.25, 0.3) is 0 Å². The van der Waals surface area contributed by atoms with Crippen molar-refractivity contribution >= 4 is 23.7 Å². The number of likely N-dealkylation sites (tertiary alicyclic amines) is 1. The van der Waals surface area contributed by atoms with Crippen molar-refractivity contribution in [2.45, 2.75) is 88.1 Å². The van der Waals surface area contributed by atoms with E-state index in [4.69, 9.17) is 19.4 Å². The molecule has 230 valence electrons. The number of rotatable bonds is 5. The van der Waals surface area contributed by atoms with Crippen molar-refractivity contribution in [1.29, 1.82) is 5.26 Å². The lowest BCUT2D eigenvalue weighted by atomic mass is 9.68. The molecule has 3 atom stereocenters. The third kappa shape index (κ3) is 6.30. The van der Waals surface area contributed by atoms with E-state index >= 15 is 0 Å². The second kappa shape index (κ2) is 12.2. The number of thioether (sulfide) groups is 1. The van der Waals surface area contributed by atoms with Gasteiger partial charge in [0, 0.05) is 54.6 Å². The fraction of sp³-hybridized carbons (Fsp3) is 0.636. The molecule has 43 heavy (non-hydrogen) atoms. The van der Waals surface area contributed by atoms with Crippen LogP contribution in [0.3, 0.4) is 0 Å². The van der Waals surface area contributed by atoms with Gasteiger partial charge in [-0.15, -0.1) is 0 Å². The van der Waals surface area contributed by atoms with Crippen LogP contribution in [0.2, 0.25) is 0 Å². The van der Waals surface area contributed by atoms with Crippen LogP contribution in [0.4, 0.5) is 10.6 Å². The number of benzene rings is 1. The van der Waals surface area contributed by atoms with E-state index in [2.05, 4.69) is 47.2 Å². The Bertz CT molecular complexity index is 1390. The molecule has 0 radical (unpaired) electrons. The van der Waals surface area contributed by atoms with Crippen LogP contribution >= 0.6 is 11.8 Å². The lowest BCUT2D eigenvalue weighted by Gasteiger charge is -2.44. The maximum Gasteiger partial charge on any atom is 0.410 e. The Labute approximate surface area is 259 Å². The Kier molecular flexibility index (Phi) is 8.49. The van der Waals surface area contributed by atoms with Crippen LogP contribution < -0.4 is 9.64 Å². The van der Waals surface area contributed by atoms with Gasteiger partial charge in [-0.2, -0.15) is 27.0 Å². The maximum absolute atomic E-state index is 13.1. The van der Waals surface area contributed by atoms with E-state index in [1.807, 2.05) is 32.5 Å². The number of nitrogens with zero attached hydrogens (tertiary/aromatic N) is 6. The quantitative estimate of drug-likeness (QED) is 0.469. The summed E-state index contributed by atoms with van der Waals surface area (Å²) < 4.78 is 12.1. The number of fused-ring (bicyclic) bond motifs is 3.